The second-order valence-corrected chi connectivity index (χ2v) is 6.43. The molecule has 1 heterocycles. The fraction of sp³-hybridized carbons (Fsp3) is 0.733. The van der Waals surface area contributed by atoms with Crippen molar-refractivity contribution in [1.82, 2.24) is 4.98 Å². The van der Waals surface area contributed by atoms with Crippen molar-refractivity contribution in [2.45, 2.75) is 59.9 Å². The van der Waals surface area contributed by atoms with E-state index in [2.05, 4.69) is 37.6 Å². The number of thiazole rings is 1. The van der Waals surface area contributed by atoms with Gasteiger partial charge in [-0.3, -0.25) is 0 Å². The van der Waals surface area contributed by atoms with Crippen LogP contribution in [-0.4, -0.2) is 28.6 Å². The van der Waals surface area contributed by atoms with Gasteiger partial charge in [-0.25, -0.2) is 9.78 Å². The van der Waals surface area contributed by atoms with Gasteiger partial charge in [-0.05, 0) is 25.2 Å². The molecule has 0 spiro atoms. The Morgan fingerprint density at radius 1 is 1.30 bits per heavy atom. The Bertz CT molecular complexity index is 439. The van der Waals surface area contributed by atoms with Gasteiger partial charge in [0.05, 0.1) is 5.69 Å². The molecular weight excluding hydrogens is 272 g/mol. The zero-order valence-corrected chi connectivity index (χ0v) is 14.0. The predicted octanol–water partition coefficient (Wildman–Crippen LogP) is 4.05. The van der Waals surface area contributed by atoms with Gasteiger partial charge in [0, 0.05) is 12.6 Å². The summed E-state index contributed by atoms with van der Waals surface area (Å²) in [6.07, 6.45) is 2.76. The van der Waals surface area contributed by atoms with Gasteiger partial charge in [-0.2, -0.15) is 0 Å². The van der Waals surface area contributed by atoms with Crippen LogP contribution in [0.15, 0.2) is 0 Å². The first kappa shape index (κ1) is 17.0. The van der Waals surface area contributed by atoms with E-state index >= 15 is 0 Å². The molecule has 0 radical (unpaired) electrons. The van der Waals surface area contributed by atoms with Crippen molar-refractivity contribution < 1.29 is 9.90 Å². The number of carboxylic acid groups (broad SMARTS) is 1. The van der Waals surface area contributed by atoms with Gasteiger partial charge in [-0.15, -0.1) is 0 Å². The first-order valence-electron chi connectivity index (χ1n) is 7.44. The number of rotatable bonds is 8. The SMILES string of the molecule is CCc1nc(N(CC(C)C)C(CC)CC)sc1C(=O)O. The number of aromatic carboxylic acids is 1. The Balaban J connectivity index is 3.16. The lowest BCUT2D eigenvalue weighted by atomic mass is 10.1. The maximum Gasteiger partial charge on any atom is 0.347 e. The summed E-state index contributed by atoms with van der Waals surface area (Å²) < 4.78 is 0. The fourth-order valence-electron chi connectivity index (χ4n) is 2.37. The van der Waals surface area contributed by atoms with Gasteiger partial charge >= 0.3 is 5.97 Å². The number of hydrogen-bond donors (Lipinski definition) is 1. The van der Waals surface area contributed by atoms with Crippen LogP contribution in [0.1, 0.15) is 62.8 Å². The van der Waals surface area contributed by atoms with Crippen LogP contribution in [-0.2, 0) is 6.42 Å². The van der Waals surface area contributed by atoms with E-state index in [9.17, 15) is 9.90 Å². The first-order chi connectivity index (χ1) is 9.44. The van der Waals surface area contributed by atoms with Crippen molar-refractivity contribution in [3.63, 3.8) is 0 Å². The van der Waals surface area contributed by atoms with Gasteiger partial charge in [0.2, 0.25) is 0 Å². The second kappa shape index (κ2) is 7.62. The van der Waals surface area contributed by atoms with Crippen LogP contribution in [0.2, 0.25) is 0 Å². The van der Waals surface area contributed by atoms with E-state index in [4.69, 9.17) is 0 Å². The summed E-state index contributed by atoms with van der Waals surface area (Å²) in [4.78, 5) is 18.6. The molecular formula is C15H26N2O2S. The standard InChI is InChI=1S/C15H26N2O2S/c1-6-11(7-2)17(9-10(4)5)15-16-12(8-3)13(20-15)14(18)19/h10-11H,6-9H2,1-5H3,(H,18,19). The van der Waals surface area contributed by atoms with E-state index in [0.717, 1.165) is 24.5 Å². The summed E-state index contributed by atoms with van der Waals surface area (Å²) in [5, 5.41) is 10.1. The summed E-state index contributed by atoms with van der Waals surface area (Å²) in [5.74, 6) is -0.336. The van der Waals surface area contributed by atoms with E-state index in [1.54, 1.807) is 0 Å². The van der Waals surface area contributed by atoms with E-state index in [0.29, 0.717) is 29.0 Å². The second-order valence-electron chi connectivity index (χ2n) is 5.45. The molecule has 5 heteroatoms. The van der Waals surface area contributed by atoms with Crippen LogP contribution in [0, 0.1) is 5.92 Å². The molecule has 0 amide bonds. The molecule has 0 aliphatic heterocycles. The van der Waals surface area contributed by atoms with Crippen LogP contribution in [0.4, 0.5) is 5.13 Å². The van der Waals surface area contributed by atoms with E-state index < -0.39 is 5.97 Å². The monoisotopic (exact) mass is 298 g/mol. The molecule has 0 atom stereocenters. The van der Waals surface area contributed by atoms with Crippen molar-refractivity contribution in [1.29, 1.82) is 0 Å². The molecule has 0 aliphatic carbocycles. The molecule has 4 nitrogen and oxygen atoms in total. The topological polar surface area (TPSA) is 53.4 Å². The zero-order valence-electron chi connectivity index (χ0n) is 13.1. The van der Waals surface area contributed by atoms with Crippen molar-refractivity contribution in [3.8, 4) is 0 Å². The lowest BCUT2D eigenvalue weighted by Crippen LogP contribution is -2.37. The Morgan fingerprint density at radius 3 is 2.25 bits per heavy atom. The zero-order chi connectivity index (χ0) is 15.3. The quantitative estimate of drug-likeness (QED) is 0.786. The van der Waals surface area contributed by atoms with Gasteiger partial charge in [0.25, 0.3) is 0 Å². The van der Waals surface area contributed by atoms with Gasteiger partial charge in [0.15, 0.2) is 5.13 Å². The van der Waals surface area contributed by atoms with Crippen molar-refractivity contribution in [3.05, 3.63) is 10.6 Å². The van der Waals surface area contributed by atoms with Crippen LogP contribution in [0.3, 0.4) is 0 Å². The van der Waals surface area contributed by atoms with E-state index in [1.807, 2.05) is 6.92 Å². The number of carbonyl (C=O) groups is 1. The smallest absolute Gasteiger partial charge is 0.347 e. The highest BCUT2D eigenvalue weighted by Gasteiger charge is 2.24. The average molecular weight is 298 g/mol. The fourth-order valence-corrected chi connectivity index (χ4v) is 3.45. The summed E-state index contributed by atoms with van der Waals surface area (Å²) in [7, 11) is 0. The molecule has 20 heavy (non-hydrogen) atoms. The van der Waals surface area contributed by atoms with E-state index in [1.165, 1.54) is 11.3 Å². The van der Waals surface area contributed by atoms with Crippen LogP contribution in [0.25, 0.3) is 0 Å². The van der Waals surface area contributed by atoms with Crippen LogP contribution >= 0.6 is 11.3 Å². The van der Waals surface area contributed by atoms with Crippen molar-refractivity contribution in [2.24, 2.45) is 5.92 Å². The number of aryl methyl sites for hydroxylation is 1. The number of hydrogen-bond acceptors (Lipinski definition) is 4. The molecule has 0 saturated carbocycles. The molecule has 0 aliphatic rings. The minimum Gasteiger partial charge on any atom is -0.477 e. The molecule has 0 aromatic carbocycles. The van der Waals surface area contributed by atoms with Crippen LogP contribution < -0.4 is 4.90 Å². The molecule has 114 valence electrons. The van der Waals surface area contributed by atoms with Gasteiger partial charge < -0.3 is 10.0 Å². The molecule has 1 aromatic heterocycles. The summed E-state index contributed by atoms with van der Waals surface area (Å²) in [6.45, 7) is 11.6. The lowest BCUT2D eigenvalue weighted by molar-refractivity contribution is 0.0701. The largest absolute Gasteiger partial charge is 0.477 e. The van der Waals surface area contributed by atoms with Crippen LogP contribution in [0.5, 0.6) is 0 Å². The normalized spacial score (nSPS) is 11.3. The number of nitrogens with zero attached hydrogens (tertiary/aromatic N) is 2. The number of anilines is 1. The van der Waals surface area contributed by atoms with Crippen molar-refractivity contribution >= 4 is 22.4 Å². The molecule has 0 bridgehead atoms. The third-order valence-electron chi connectivity index (χ3n) is 3.41. The highest BCUT2D eigenvalue weighted by atomic mass is 32.1. The molecule has 0 unspecified atom stereocenters. The molecule has 0 fully saturated rings. The maximum atomic E-state index is 11.3. The Labute approximate surface area is 125 Å². The van der Waals surface area contributed by atoms with Crippen molar-refractivity contribution in [2.75, 3.05) is 11.4 Å². The highest BCUT2D eigenvalue weighted by molar-refractivity contribution is 7.17. The average Bonchev–Trinajstić information content (AvgIpc) is 2.82. The third-order valence-corrected chi connectivity index (χ3v) is 4.53. The predicted molar refractivity (Wildman–Crippen MR) is 85.0 cm³/mol. The lowest BCUT2D eigenvalue weighted by Gasteiger charge is -2.31. The third kappa shape index (κ3) is 3.95. The molecule has 1 N–H and O–H groups in total. The number of carboxylic acids is 1. The minimum absolute atomic E-state index is 0.391. The molecule has 0 saturated heterocycles. The molecule has 1 rings (SSSR count). The molecule has 1 aromatic rings. The van der Waals surface area contributed by atoms with Gasteiger partial charge in [-0.1, -0.05) is 46.0 Å². The Hall–Kier alpha value is -1.10. The Morgan fingerprint density at radius 2 is 1.90 bits per heavy atom. The van der Waals surface area contributed by atoms with Gasteiger partial charge in [0.1, 0.15) is 4.88 Å². The highest BCUT2D eigenvalue weighted by Crippen LogP contribution is 2.30. The number of aromatic nitrogens is 1. The van der Waals surface area contributed by atoms with E-state index in [-0.39, 0.29) is 0 Å². The maximum absolute atomic E-state index is 11.3. The minimum atomic E-state index is -0.861. The summed E-state index contributed by atoms with van der Waals surface area (Å²) in [5.41, 5.74) is 0.706. The summed E-state index contributed by atoms with van der Waals surface area (Å²) in [6, 6.07) is 0.426. The summed E-state index contributed by atoms with van der Waals surface area (Å²) >= 11 is 1.32. The Kier molecular flexibility index (Phi) is 6.46. The first-order valence-corrected chi connectivity index (χ1v) is 8.25.